The molecule has 0 fully saturated rings. The minimum absolute atomic E-state index is 0. The highest BCUT2D eigenvalue weighted by atomic mass is 127. The third-order valence-electron chi connectivity index (χ3n) is 4.51. The average Bonchev–Trinajstić information content (AvgIpc) is 3.05. The van der Waals surface area contributed by atoms with Crippen molar-refractivity contribution in [3.8, 4) is 0 Å². The van der Waals surface area contributed by atoms with Gasteiger partial charge in [-0.15, -0.1) is 24.0 Å². The van der Waals surface area contributed by atoms with Crippen molar-refractivity contribution in [1.82, 2.24) is 15.6 Å². The molecule has 0 amide bonds. The molecule has 0 radical (unpaired) electrons. The molecule has 0 spiro atoms. The number of guanidine groups is 1. The van der Waals surface area contributed by atoms with Crippen molar-refractivity contribution < 1.29 is 0 Å². The predicted molar refractivity (Wildman–Crippen MR) is 121 cm³/mol. The summed E-state index contributed by atoms with van der Waals surface area (Å²) in [6, 6.07) is 21.0. The highest BCUT2D eigenvalue weighted by Crippen LogP contribution is 2.21. The fourth-order valence-electron chi connectivity index (χ4n) is 2.92. The zero-order chi connectivity index (χ0) is 17.7. The first kappa shape index (κ1) is 20.3. The fraction of sp³-hybridized carbons (Fsp3) is 0.286. The van der Waals surface area contributed by atoms with Crippen molar-refractivity contribution in [2.24, 2.45) is 4.99 Å². The van der Waals surface area contributed by atoms with Gasteiger partial charge in [0.1, 0.15) is 0 Å². The molecule has 1 aromatic heterocycles. The van der Waals surface area contributed by atoms with E-state index in [-0.39, 0.29) is 29.4 Å². The molecule has 0 aliphatic heterocycles. The molecule has 0 saturated carbocycles. The molecular formula is C21H27IN4. The molecule has 1 heterocycles. The first-order valence-electron chi connectivity index (χ1n) is 8.65. The van der Waals surface area contributed by atoms with Crippen LogP contribution in [0.4, 0.5) is 0 Å². The van der Waals surface area contributed by atoms with E-state index in [4.69, 9.17) is 0 Å². The largest absolute Gasteiger partial charge is 0.357 e. The Morgan fingerprint density at radius 2 is 1.69 bits per heavy atom. The van der Waals surface area contributed by atoms with Gasteiger partial charge >= 0.3 is 0 Å². The van der Waals surface area contributed by atoms with E-state index in [0.29, 0.717) is 6.54 Å². The number of halogens is 1. The number of nitrogens with one attached hydrogen (secondary N) is 3. The molecule has 4 nitrogen and oxygen atoms in total. The molecule has 0 saturated heterocycles. The number of rotatable bonds is 5. The SMILES string of the molecule is CN=C(NCc1cc2ccccc2[nH]1)NCC(C)(C)c1ccccc1.I. The van der Waals surface area contributed by atoms with E-state index in [1.165, 1.54) is 10.9 Å². The number of nitrogens with zero attached hydrogens (tertiary/aromatic N) is 1. The molecule has 26 heavy (non-hydrogen) atoms. The van der Waals surface area contributed by atoms with Crippen LogP contribution in [0.3, 0.4) is 0 Å². The van der Waals surface area contributed by atoms with Crippen molar-refractivity contribution in [2.75, 3.05) is 13.6 Å². The first-order valence-corrected chi connectivity index (χ1v) is 8.65. The molecular weight excluding hydrogens is 435 g/mol. The number of benzene rings is 2. The number of hydrogen-bond donors (Lipinski definition) is 3. The topological polar surface area (TPSA) is 52.2 Å². The van der Waals surface area contributed by atoms with E-state index in [1.807, 2.05) is 12.1 Å². The summed E-state index contributed by atoms with van der Waals surface area (Å²) in [5.41, 5.74) is 3.65. The number of aromatic nitrogens is 1. The van der Waals surface area contributed by atoms with Crippen LogP contribution in [0.2, 0.25) is 0 Å². The van der Waals surface area contributed by atoms with E-state index < -0.39 is 0 Å². The number of hydrogen-bond acceptors (Lipinski definition) is 1. The summed E-state index contributed by atoms with van der Waals surface area (Å²) in [6.07, 6.45) is 0. The van der Waals surface area contributed by atoms with Gasteiger partial charge in [-0.2, -0.15) is 0 Å². The summed E-state index contributed by atoms with van der Waals surface area (Å²) < 4.78 is 0. The van der Waals surface area contributed by atoms with Gasteiger partial charge in [-0.25, -0.2) is 0 Å². The second-order valence-corrected chi connectivity index (χ2v) is 6.91. The monoisotopic (exact) mass is 462 g/mol. The van der Waals surface area contributed by atoms with Crippen molar-refractivity contribution in [3.63, 3.8) is 0 Å². The normalized spacial score (nSPS) is 11.9. The van der Waals surface area contributed by atoms with Gasteiger partial charge < -0.3 is 15.6 Å². The molecule has 3 N–H and O–H groups in total. The van der Waals surface area contributed by atoms with Crippen LogP contribution < -0.4 is 10.6 Å². The van der Waals surface area contributed by atoms with E-state index in [2.05, 4.69) is 83.0 Å². The minimum atomic E-state index is 0. The van der Waals surface area contributed by atoms with E-state index in [0.717, 1.165) is 23.7 Å². The summed E-state index contributed by atoms with van der Waals surface area (Å²) in [4.78, 5) is 7.76. The number of fused-ring (bicyclic) bond motifs is 1. The van der Waals surface area contributed by atoms with Gasteiger partial charge in [0, 0.05) is 30.2 Å². The van der Waals surface area contributed by atoms with Gasteiger partial charge in [0.25, 0.3) is 0 Å². The van der Waals surface area contributed by atoms with E-state index in [9.17, 15) is 0 Å². The van der Waals surface area contributed by atoms with E-state index in [1.54, 1.807) is 7.05 Å². The fourth-order valence-corrected chi connectivity index (χ4v) is 2.92. The summed E-state index contributed by atoms with van der Waals surface area (Å²) >= 11 is 0. The summed E-state index contributed by atoms with van der Waals surface area (Å²) in [5, 5.41) is 8.04. The van der Waals surface area contributed by atoms with Crippen LogP contribution in [0, 0.1) is 0 Å². The maximum atomic E-state index is 4.33. The predicted octanol–water partition coefficient (Wildman–Crippen LogP) is 4.43. The lowest BCUT2D eigenvalue weighted by molar-refractivity contribution is 0.508. The first-order chi connectivity index (χ1) is 12.1. The maximum Gasteiger partial charge on any atom is 0.191 e. The zero-order valence-corrected chi connectivity index (χ0v) is 17.9. The minimum Gasteiger partial charge on any atom is -0.357 e. The van der Waals surface area contributed by atoms with Crippen LogP contribution in [0.1, 0.15) is 25.1 Å². The van der Waals surface area contributed by atoms with Crippen molar-refractivity contribution in [2.45, 2.75) is 25.8 Å². The molecule has 3 aromatic rings. The van der Waals surface area contributed by atoms with Crippen LogP contribution >= 0.6 is 24.0 Å². The highest BCUT2D eigenvalue weighted by molar-refractivity contribution is 14.0. The number of aliphatic imine (C=N–C) groups is 1. The third kappa shape index (κ3) is 5.00. The summed E-state index contributed by atoms with van der Waals surface area (Å²) in [5.74, 6) is 0.808. The van der Waals surface area contributed by atoms with Crippen LogP contribution in [-0.2, 0) is 12.0 Å². The van der Waals surface area contributed by atoms with Crippen molar-refractivity contribution in [3.05, 3.63) is 71.9 Å². The molecule has 0 bridgehead atoms. The zero-order valence-electron chi connectivity index (χ0n) is 15.5. The Morgan fingerprint density at radius 1 is 1.00 bits per heavy atom. The summed E-state index contributed by atoms with van der Waals surface area (Å²) in [7, 11) is 1.80. The van der Waals surface area contributed by atoms with Gasteiger partial charge in [-0.1, -0.05) is 62.4 Å². The Balaban J connectivity index is 0.00000243. The third-order valence-corrected chi connectivity index (χ3v) is 4.51. The van der Waals surface area contributed by atoms with E-state index >= 15 is 0 Å². The van der Waals surface area contributed by atoms with Crippen LogP contribution in [-0.4, -0.2) is 24.5 Å². The van der Waals surface area contributed by atoms with Crippen molar-refractivity contribution in [1.29, 1.82) is 0 Å². The Labute approximate surface area is 172 Å². The Kier molecular flexibility index (Phi) is 7.08. The Morgan fingerprint density at radius 3 is 2.38 bits per heavy atom. The molecule has 5 heteroatoms. The van der Waals surface area contributed by atoms with Crippen LogP contribution in [0.5, 0.6) is 0 Å². The average molecular weight is 462 g/mol. The van der Waals surface area contributed by atoms with Gasteiger partial charge in [0.05, 0.1) is 6.54 Å². The second-order valence-electron chi connectivity index (χ2n) is 6.91. The Hall–Kier alpha value is -2.02. The number of aromatic amines is 1. The molecule has 0 unspecified atom stereocenters. The smallest absolute Gasteiger partial charge is 0.191 e. The standard InChI is InChI=1S/C21H26N4.HI/c1-21(2,17-10-5-4-6-11-17)15-24-20(22-3)23-14-18-13-16-9-7-8-12-19(16)25-18;/h4-13,25H,14-15H2,1-3H3,(H2,22,23,24);1H. The van der Waals surface area contributed by atoms with Crippen LogP contribution in [0.15, 0.2) is 65.7 Å². The molecule has 3 rings (SSSR count). The summed E-state index contributed by atoms with van der Waals surface area (Å²) in [6.45, 7) is 5.99. The van der Waals surface area contributed by atoms with Gasteiger partial charge in [0.2, 0.25) is 0 Å². The lowest BCUT2D eigenvalue weighted by atomic mass is 9.85. The molecule has 0 aliphatic carbocycles. The van der Waals surface area contributed by atoms with Gasteiger partial charge in [-0.3, -0.25) is 4.99 Å². The highest BCUT2D eigenvalue weighted by Gasteiger charge is 2.20. The molecule has 2 aromatic carbocycles. The maximum absolute atomic E-state index is 4.33. The van der Waals surface area contributed by atoms with Gasteiger partial charge in [-0.05, 0) is 23.1 Å². The molecule has 0 atom stereocenters. The number of para-hydroxylation sites is 1. The van der Waals surface area contributed by atoms with Crippen molar-refractivity contribution >= 4 is 40.8 Å². The molecule has 138 valence electrons. The second kappa shape index (κ2) is 9.07. The van der Waals surface area contributed by atoms with Gasteiger partial charge in [0.15, 0.2) is 5.96 Å². The lowest BCUT2D eigenvalue weighted by Gasteiger charge is -2.26. The van der Waals surface area contributed by atoms with Crippen LogP contribution in [0.25, 0.3) is 10.9 Å². The Bertz CT molecular complexity index is 820. The molecule has 0 aliphatic rings. The number of H-pyrrole nitrogens is 1. The quantitative estimate of drug-likeness (QED) is 0.299. The lowest BCUT2D eigenvalue weighted by Crippen LogP contribution is -2.43.